The molecule has 0 aromatic heterocycles. The third kappa shape index (κ3) is 2.46. The summed E-state index contributed by atoms with van der Waals surface area (Å²) in [6.45, 7) is 0. The summed E-state index contributed by atoms with van der Waals surface area (Å²) >= 11 is 0. The first-order valence-electron chi connectivity index (χ1n) is 5.31. The van der Waals surface area contributed by atoms with E-state index >= 15 is 0 Å². The normalized spacial score (nSPS) is 10.5. The Labute approximate surface area is 96.0 Å². The van der Waals surface area contributed by atoms with Gasteiger partial charge in [0.1, 0.15) is 0 Å². The van der Waals surface area contributed by atoms with Crippen molar-refractivity contribution in [2.75, 3.05) is 0 Å². The first-order valence-corrected chi connectivity index (χ1v) is 8.28. The molecule has 0 bridgehead atoms. The lowest BCUT2D eigenvalue weighted by Gasteiger charge is -2.13. The third-order valence-corrected chi connectivity index (χ3v) is 7.38. The second kappa shape index (κ2) is 5.10. The largest absolute Gasteiger partial charge is 0.0994 e. The molecule has 0 aliphatic rings. The van der Waals surface area contributed by atoms with Gasteiger partial charge in [0.25, 0.3) is 0 Å². The molecule has 0 fully saturated rings. The number of benzene rings is 2. The molecular formula is C13H15Si2. The van der Waals surface area contributed by atoms with Crippen molar-refractivity contribution in [3.63, 3.8) is 0 Å². The molecule has 2 aromatic rings. The molecular weight excluding hydrogens is 212 g/mol. The van der Waals surface area contributed by atoms with Crippen molar-refractivity contribution in [2.24, 2.45) is 0 Å². The van der Waals surface area contributed by atoms with E-state index in [1.54, 1.807) is 10.4 Å². The Morgan fingerprint density at radius 2 is 1.13 bits per heavy atom. The summed E-state index contributed by atoms with van der Waals surface area (Å²) < 4.78 is 0. The molecule has 0 amide bonds. The average Bonchev–Trinajstić information content (AvgIpc) is 2.33. The van der Waals surface area contributed by atoms with Crippen LogP contribution in [0.25, 0.3) is 0 Å². The molecule has 0 heterocycles. The van der Waals surface area contributed by atoms with Gasteiger partial charge in [-0.05, 0) is 0 Å². The summed E-state index contributed by atoms with van der Waals surface area (Å²) in [5.41, 5.74) is 1.31. The molecule has 75 valence electrons. The van der Waals surface area contributed by atoms with E-state index in [0.717, 1.165) is 0 Å². The molecule has 0 atom stereocenters. The van der Waals surface area contributed by atoms with E-state index < -0.39 is 8.80 Å². The van der Waals surface area contributed by atoms with Gasteiger partial charge in [0.15, 0.2) is 0 Å². The maximum absolute atomic E-state index is 2.28. The fourth-order valence-corrected chi connectivity index (χ4v) is 6.32. The fraction of sp³-hybridized carbons (Fsp3) is 0.0769. The zero-order valence-electron chi connectivity index (χ0n) is 8.77. The van der Waals surface area contributed by atoms with Crippen molar-refractivity contribution in [1.29, 1.82) is 0 Å². The molecule has 0 N–H and O–H groups in total. The standard InChI is InChI=1S/C13H15Si2/c14-11-15(12-7-3-1-4-8-12)13-9-5-2-6-10-13/h1-10,15H,11,14H2. The maximum atomic E-state index is 2.28. The van der Waals surface area contributed by atoms with Crippen LogP contribution in [0.15, 0.2) is 60.7 Å². The molecule has 0 saturated carbocycles. The topological polar surface area (TPSA) is 0 Å². The molecule has 0 nitrogen and oxygen atoms in total. The van der Waals surface area contributed by atoms with Crippen molar-refractivity contribution in [3.8, 4) is 0 Å². The van der Waals surface area contributed by atoms with Gasteiger partial charge in [0.2, 0.25) is 0 Å². The Morgan fingerprint density at radius 3 is 1.47 bits per heavy atom. The van der Waals surface area contributed by atoms with E-state index in [0.29, 0.717) is 0 Å². The summed E-state index contributed by atoms with van der Waals surface area (Å²) in [7, 11) is 1.19. The van der Waals surface area contributed by atoms with Gasteiger partial charge >= 0.3 is 0 Å². The molecule has 1 radical (unpaired) electrons. The zero-order chi connectivity index (χ0) is 10.5. The van der Waals surface area contributed by atoms with Crippen LogP contribution in [0.4, 0.5) is 0 Å². The monoisotopic (exact) mass is 227 g/mol. The molecule has 0 aliphatic carbocycles. The minimum absolute atomic E-state index is 0.917. The second-order valence-electron chi connectivity index (χ2n) is 3.66. The molecule has 2 rings (SSSR count). The number of rotatable bonds is 3. The van der Waals surface area contributed by atoms with E-state index in [1.165, 1.54) is 5.67 Å². The zero-order valence-corrected chi connectivity index (χ0v) is 11.3. The smallest absolute Gasteiger partial charge is 0.0639 e. The highest BCUT2D eigenvalue weighted by Gasteiger charge is 2.12. The Morgan fingerprint density at radius 1 is 0.733 bits per heavy atom. The highest BCUT2D eigenvalue weighted by molar-refractivity contribution is 6.88. The Hall–Kier alpha value is -1.13. The summed E-state index contributed by atoms with van der Waals surface area (Å²) in [4.78, 5) is 0. The quantitative estimate of drug-likeness (QED) is 0.675. The molecule has 0 spiro atoms. The van der Waals surface area contributed by atoms with Crippen molar-refractivity contribution in [1.82, 2.24) is 0 Å². The van der Waals surface area contributed by atoms with Gasteiger partial charge in [-0.25, -0.2) is 0 Å². The lowest BCUT2D eigenvalue weighted by molar-refractivity contribution is 1.71. The molecule has 15 heavy (non-hydrogen) atoms. The summed E-state index contributed by atoms with van der Waals surface area (Å²) in [5.74, 6) is 0. The molecule has 2 heteroatoms. The summed E-state index contributed by atoms with van der Waals surface area (Å²) in [6.07, 6.45) is 0. The van der Waals surface area contributed by atoms with Crippen LogP contribution in [0.2, 0.25) is 5.67 Å². The van der Waals surface area contributed by atoms with Crippen LogP contribution in [0, 0.1) is 0 Å². The van der Waals surface area contributed by atoms with Crippen LogP contribution < -0.4 is 10.4 Å². The SMILES string of the molecule is [SiH2]C[SiH](c1ccccc1)c1ccccc1. The van der Waals surface area contributed by atoms with Crippen molar-refractivity contribution in [3.05, 3.63) is 60.7 Å². The van der Waals surface area contributed by atoms with Gasteiger partial charge in [0.05, 0.1) is 8.80 Å². The number of hydrogen-bond acceptors (Lipinski definition) is 0. The molecule has 0 unspecified atom stereocenters. The highest BCUT2D eigenvalue weighted by Crippen LogP contribution is 1.95. The highest BCUT2D eigenvalue weighted by atomic mass is 28.3. The molecule has 0 saturated heterocycles. The van der Waals surface area contributed by atoms with E-state index in [4.69, 9.17) is 0 Å². The van der Waals surface area contributed by atoms with Crippen molar-refractivity contribution < 1.29 is 0 Å². The summed E-state index contributed by atoms with van der Waals surface area (Å²) in [6, 6.07) is 21.9. The van der Waals surface area contributed by atoms with Crippen LogP contribution in [0.3, 0.4) is 0 Å². The van der Waals surface area contributed by atoms with E-state index in [-0.39, 0.29) is 0 Å². The predicted octanol–water partition coefficient (Wildman–Crippen LogP) is 0.619. The van der Waals surface area contributed by atoms with Crippen LogP contribution in [0.1, 0.15) is 0 Å². The average molecular weight is 227 g/mol. The Kier molecular flexibility index (Phi) is 3.53. The minimum atomic E-state index is -0.917. The van der Waals surface area contributed by atoms with E-state index in [1.807, 2.05) is 0 Å². The van der Waals surface area contributed by atoms with Crippen LogP contribution in [-0.4, -0.2) is 19.0 Å². The lowest BCUT2D eigenvalue weighted by Crippen LogP contribution is -2.41. The minimum Gasteiger partial charge on any atom is -0.0639 e. The third-order valence-electron chi connectivity index (χ3n) is 2.69. The van der Waals surface area contributed by atoms with Gasteiger partial charge < -0.3 is 0 Å². The molecule has 0 aliphatic heterocycles. The van der Waals surface area contributed by atoms with Gasteiger partial charge in [-0.15, -0.1) is 0 Å². The molecule has 2 aromatic carbocycles. The van der Waals surface area contributed by atoms with Crippen molar-refractivity contribution >= 4 is 29.4 Å². The van der Waals surface area contributed by atoms with Crippen LogP contribution in [-0.2, 0) is 0 Å². The Bertz CT molecular complexity index is 358. The maximum Gasteiger partial charge on any atom is 0.0994 e. The Balaban J connectivity index is 2.34. The first kappa shape index (κ1) is 10.4. The van der Waals surface area contributed by atoms with Gasteiger partial charge in [-0.3, -0.25) is 0 Å². The van der Waals surface area contributed by atoms with Crippen molar-refractivity contribution in [2.45, 2.75) is 5.67 Å². The lowest BCUT2D eigenvalue weighted by atomic mass is 10.4. The van der Waals surface area contributed by atoms with E-state index in [9.17, 15) is 0 Å². The first-order chi connectivity index (χ1) is 7.42. The second-order valence-corrected chi connectivity index (χ2v) is 8.41. The van der Waals surface area contributed by atoms with Gasteiger partial charge in [0, 0.05) is 10.2 Å². The van der Waals surface area contributed by atoms with Crippen LogP contribution in [0.5, 0.6) is 0 Å². The predicted molar refractivity (Wildman–Crippen MR) is 72.7 cm³/mol. The van der Waals surface area contributed by atoms with Crippen LogP contribution >= 0.6 is 0 Å². The fourth-order valence-electron chi connectivity index (χ4n) is 1.90. The summed E-state index contributed by atoms with van der Waals surface area (Å²) in [5, 5.41) is 3.11. The van der Waals surface area contributed by atoms with E-state index in [2.05, 4.69) is 70.9 Å². The van der Waals surface area contributed by atoms with Gasteiger partial charge in [-0.1, -0.05) is 76.7 Å². The number of hydrogen-bond donors (Lipinski definition) is 0. The van der Waals surface area contributed by atoms with Gasteiger partial charge in [-0.2, -0.15) is 0 Å².